The smallest absolute Gasteiger partial charge is 0.0379 e. The lowest BCUT2D eigenvalue weighted by atomic mass is 9.96. The average molecular weight is 224 g/mol. The minimum atomic E-state index is 0.902. The fourth-order valence-electron chi connectivity index (χ4n) is 2.76. The Balaban J connectivity index is 2.36. The molecule has 3 rings (SSSR count). The van der Waals surface area contributed by atoms with Crippen LogP contribution >= 0.6 is 0 Å². The van der Waals surface area contributed by atoms with Gasteiger partial charge >= 0.3 is 0 Å². The van der Waals surface area contributed by atoms with Crippen molar-refractivity contribution in [3.63, 3.8) is 0 Å². The first kappa shape index (κ1) is 10.3. The number of fused-ring (bicyclic) bond motifs is 3. The first-order valence-corrected chi connectivity index (χ1v) is 5.92. The van der Waals surface area contributed by atoms with Gasteiger partial charge in [-0.2, -0.15) is 0 Å². The molecule has 0 atom stereocenters. The Labute approximate surface area is 102 Å². The normalized spacial score (nSPS) is 12.4. The second-order valence-corrected chi connectivity index (χ2v) is 4.92. The molecular weight excluding hydrogens is 208 g/mol. The topological polar surface area (TPSA) is 38.9 Å². The fourth-order valence-corrected chi connectivity index (χ4v) is 2.76. The molecular formula is C15H16N2. The van der Waals surface area contributed by atoms with E-state index in [1.807, 2.05) is 13.1 Å². The Kier molecular flexibility index (Phi) is 2.02. The molecule has 2 nitrogen and oxygen atoms in total. The van der Waals surface area contributed by atoms with Crippen LogP contribution in [0.4, 0.5) is 5.69 Å². The summed E-state index contributed by atoms with van der Waals surface area (Å²) >= 11 is 0. The first-order valence-electron chi connectivity index (χ1n) is 5.92. The molecule has 1 aromatic carbocycles. The highest BCUT2D eigenvalue weighted by Gasteiger charge is 2.23. The number of hydrogen-bond donors (Lipinski definition) is 1. The largest absolute Gasteiger partial charge is 0.398 e. The summed E-state index contributed by atoms with van der Waals surface area (Å²) in [6.07, 6.45) is 2.97. The van der Waals surface area contributed by atoms with Gasteiger partial charge in [-0.05, 0) is 66.3 Å². The van der Waals surface area contributed by atoms with E-state index in [2.05, 4.69) is 31.0 Å². The summed E-state index contributed by atoms with van der Waals surface area (Å²) in [5.74, 6) is 0. The van der Waals surface area contributed by atoms with Crippen LogP contribution in [0.15, 0.2) is 18.3 Å². The van der Waals surface area contributed by atoms with Gasteiger partial charge in [0.15, 0.2) is 0 Å². The number of benzene rings is 1. The number of anilines is 1. The molecule has 0 amide bonds. The summed E-state index contributed by atoms with van der Waals surface area (Å²) in [7, 11) is 0. The van der Waals surface area contributed by atoms with Gasteiger partial charge in [-0.1, -0.05) is 0 Å². The molecule has 0 saturated carbocycles. The predicted octanol–water partition coefficient (Wildman–Crippen LogP) is 3.16. The standard InChI is InChI=1S/C15H16N2/c1-8-4-14(16)10(3)12-6-11-7-17-9(2)5-13(11)15(8)12/h4-5,7H,6,16H2,1-3H3. The fraction of sp³-hybridized carbons (Fsp3) is 0.267. The van der Waals surface area contributed by atoms with Crippen molar-refractivity contribution < 1.29 is 0 Å². The maximum absolute atomic E-state index is 6.04. The Hall–Kier alpha value is -1.83. The van der Waals surface area contributed by atoms with Crippen molar-refractivity contribution in [3.8, 4) is 11.1 Å². The van der Waals surface area contributed by atoms with E-state index in [4.69, 9.17) is 5.73 Å². The lowest BCUT2D eigenvalue weighted by Crippen LogP contribution is -1.96. The number of aromatic nitrogens is 1. The van der Waals surface area contributed by atoms with Crippen molar-refractivity contribution in [2.24, 2.45) is 0 Å². The molecule has 0 bridgehead atoms. The zero-order valence-corrected chi connectivity index (χ0v) is 10.5. The molecule has 0 aliphatic heterocycles. The molecule has 1 aromatic heterocycles. The van der Waals surface area contributed by atoms with Crippen molar-refractivity contribution in [1.29, 1.82) is 0 Å². The minimum absolute atomic E-state index is 0.902. The Morgan fingerprint density at radius 2 is 1.94 bits per heavy atom. The molecule has 0 radical (unpaired) electrons. The van der Waals surface area contributed by atoms with Crippen LogP contribution < -0.4 is 5.73 Å². The second-order valence-electron chi connectivity index (χ2n) is 4.92. The van der Waals surface area contributed by atoms with Crippen LogP contribution in [-0.4, -0.2) is 4.98 Å². The number of pyridine rings is 1. The molecule has 86 valence electrons. The monoisotopic (exact) mass is 224 g/mol. The zero-order chi connectivity index (χ0) is 12.2. The molecule has 0 fully saturated rings. The lowest BCUT2D eigenvalue weighted by Gasteiger charge is -2.11. The summed E-state index contributed by atoms with van der Waals surface area (Å²) in [5, 5.41) is 0. The van der Waals surface area contributed by atoms with Crippen molar-refractivity contribution in [2.75, 3.05) is 5.73 Å². The summed E-state index contributed by atoms with van der Waals surface area (Å²) < 4.78 is 0. The van der Waals surface area contributed by atoms with E-state index in [9.17, 15) is 0 Å². The van der Waals surface area contributed by atoms with Crippen LogP contribution in [0.1, 0.15) is 27.9 Å². The second kappa shape index (κ2) is 3.33. The van der Waals surface area contributed by atoms with Crippen LogP contribution in [-0.2, 0) is 6.42 Å². The highest BCUT2D eigenvalue weighted by atomic mass is 14.7. The van der Waals surface area contributed by atoms with Crippen LogP contribution in [0.5, 0.6) is 0 Å². The molecule has 1 aliphatic carbocycles. The molecule has 0 saturated heterocycles. The van der Waals surface area contributed by atoms with E-state index in [0.29, 0.717) is 0 Å². The summed E-state index contributed by atoms with van der Waals surface area (Å²) in [4.78, 5) is 4.38. The van der Waals surface area contributed by atoms with E-state index in [1.54, 1.807) is 0 Å². The average Bonchev–Trinajstić information content (AvgIpc) is 2.65. The van der Waals surface area contributed by atoms with E-state index in [1.165, 1.54) is 33.4 Å². The molecule has 0 unspecified atom stereocenters. The van der Waals surface area contributed by atoms with Gasteiger partial charge in [-0.3, -0.25) is 4.98 Å². The van der Waals surface area contributed by atoms with Gasteiger partial charge < -0.3 is 5.73 Å². The van der Waals surface area contributed by atoms with Crippen molar-refractivity contribution in [1.82, 2.24) is 4.98 Å². The summed E-state index contributed by atoms with van der Waals surface area (Å²) in [6.45, 7) is 6.29. The van der Waals surface area contributed by atoms with Gasteiger partial charge in [0, 0.05) is 24.0 Å². The third-order valence-corrected chi connectivity index (χ3v) is 3.71. The van der Waals surface area contributed by atoms with E-state index < -0.39 is 0 Å². The highest BCUT2D eigenvalue weighted by molar-refractivity contribution is 5.83. The van der Waals surface area contributed by atoms with E-state index in [0.717, 1.165) is 17.8 Å². The van der Waals surface area contributed by atoms with Crippen LogP contribution in [0.2, 0.25) is 0 Å². The number of hydrogen-bond acceptors (Lipinski definition) is 2. The molecule has 17 heavy (non-hydrogen) atoms. The quantitative estimate of drug-likeness (QED) is 0.596. The predicted molar refractivity (Wildman–Crippen MR) is 71.1 cm³/mol. The highest BCUT2D eigenvalue weighted by Crippen LogP contribution is 2.42. The van der Waals surface area contributed by atoms with Crippen molar-refractivity contribution in [2.45, 2.75) is 27.2 Å². The van der Waals surface area contributed by atoms with Gasteiger partial charge in [0.25, 0.3) is 0 Å². The summed E-state index contributed by atoms with van der Waals surface area (Å²) in [6, 6.07) is 4.27. The molecule has 0 spiro atoms. The third kappa shape index (κ3) is 1.37. The van der Waals surface area contributed by atoms with E-state index >= 15 is 0 Å². The first-order chi connectivity index (χ1) is 8.08. The number of aryl methyl sites for hydroxylation is 2. The van der Waals surface area contributed by atoms with Gasteiger partial charge in [-0.15, -0.1) is 0 Å². The molecule has 1 aliphatic rings. The summed E-state index contributed by atoms with van der Waals surface area (Å²) in [5.41, 5.74) is 15.9. The number of nitrogens with zero attached hydrogens (tertiary/aromatic N) is 1. The third-order valence-electron chi connectivity index (χ3n) is 3.71. The van der Waals surface area contributed by atoms with Gasteiger partial charge in [-0.25, -0.2) is 0 Å². The number of nitrogen functional groups attached to an aromatic ring is 1. The van der Waals surface area contributed by atoms with Crippen molar-refractivity contribution in [3.05, 3.63) is 46.3 Å². The molecule has 2 aromatic rings. The Morgan fingerprint density at radius 3 is 2.71 bits per heavy atom. The van der Waals surface area contributed by atoms with Crippen LogP contribution in [0, 0.1) is 20.8 Å². The lowest BCUT2D eigenvalue weighted by molar-refractivity contribution is 1.14. The number of rotatable bonds is 0. The zero-order valence-electron chi connectivity index (χ0n) is 10.5. The maximum Gasteiger partial charge on any atom is 0.0379 e. The van der Waals surface area contributed by atoms with Gasteiger partial charge in [0.05, 0.1) is 0 Å². The van der Waals surface area contributed by atoms with Crippen LogP contribution in [0.3, 0.4) is 0 Å². The molecule has 2 heteroatoms. The van der Waals surface area contributed by atoms with Crippen molar-refractivity contribution >= 4 is 5.69 Å². The van der Waals surface area contributed by atoms with E-state index in [-0.39, 0.29) is 0 Å². The Bertz CT molecular complexity index is 627. The van der Waals surface area contributed by atoms with Gasteiger partial charge in [0.2, 0.25) is 0 Å². The SMILES string of the molecule is Cc1cc2c(cn1)Cc1c(C)c(N)cc(C)c1-2. The maximum atomic E-state index is 6.04. The Morgan fingerprint density at radius 1 is 1.18 bits per heavy atom. The van der Waals surface area contributed by atoms with Gasteiger partial charge in [0.1, 0.15) is 0 Å². The molecule has 2 N–H and O–H groups in total. The minimum Gasteiger partial charge on any atom is -0.398 e. The number of nitrogens with two attached hydrogens (primary N) is 1. The molecule has 1 heterocycles. The van der Waals surface area contributed by atoms with Crippen LogP contribution in [0.25, 0.3) is 11.1 Å².